The van der Waals surface area contributed by atoms with Gasteiger partial charge in [0, 0.05) is 30.2 Å². The van der Waals surface area contributed by atoms with E-state index in [0.29, 0.717) is 19.3 Å². The van der Waals surface area contributed by atoms with Crippen molar-refractivity contribution in [3.8, 4) is 11.5 Å². The minimum Gasteiger partial charge on any atom is -0.486 e. The Bertz CT molecular complexity index is 783. The first-order valence-electron chi connectivity index (χ1n) is 8.51. The molecule has 1 saturated heterocycles. The summed E-state index contributed by atoms with van der Waals surface area (Å²) in [5, 5.41) is 1.94. The molecule has 0 spiro atoms. The van der Waals surface area contributed by atoms with Gasteiger partial charge in [0.2, 0.25) is 0 Å². The molecule has 1 fully saturated rings. The molecule has 1 aromatic heterocycles. The molecule has 2 aliphatic rings. The number of hydrogen-bond donors (Lipinski definition) is 0. The summed E-state index contributed by atoms with van der Waals surface area (Å²) in [6, 6.07) is 6.70. The maximum Gasteiger partial charge on any atom is 0.307 e. The Balaban J connectivity index is 1.49. The van der Waals surface area contributed by atoms with Crippen LogP contribution in [0.25, 0.3) is 0 Å². The van der Waals surface area contributed by atoms with E-state index in [0.717, 1.165) is 43.2 Å². The Morgan fingerprint density at radius 1 is 1.21 bits per heavy atom. The highest BCUT2D eigenvalue weighted by Gasteiger charge is 2.27. The fourth-order valence-corrected chi connectivity index (χ4v) is 4.40. The summed E-state index contributed by atoms with van der Waals surface area (Å²) in [6.07, 6.45) is 2.34. The Labute approximate surface area is 145 Å². The van der Waals surface area contributed by atoms with E-state index in [1.54, 1.807) is 0 Å². The van der Waals surface area contributed by atoms with Gasteiger partial charge in [-0.15, -0.1) is 0 Å². The summed E-state index contributed by atoms with van der Waals surface area (Å²) in [5.41, 5.74) is 2.34. The molecule has 0 aliphatic carbocycles. The van der Waals surface area contributed by atoms with Gasteiger partial charge in [-0.3, -0.25) is 9.69 Å². The second-order valence-electron chi connectivity index (χ2n) is 6.39. The molecular formula is C18H22N2O3S. The summed E-state index contributed by atoms with van der Waals surface area (Å²) < 4.78 is 13.2. The lowest BCUT2D eigenvalue weighted by molar-refractivity contribution is 0.170. The van der Waals surface area contributed by atoms with Crippen molar-refractivity contribution in [2.24, 2.45) is 0 Å². The molecule has 0 N–H and O–H groups in total. The largest absolute Gasteiger partial charge is 0.486 e. The van der Waals surface area contributed by atoms with Crippen LogP contribution in [0.15, 0.2) is 28.4 Å². The second-order valence-corrected chi connectivity index (χ2v) is 7.21. The van der Waals surface area contributed by atoms with E-state index >= 15 is 0 Å². The molecule has 24 heavy (non-hydrogen) atoms. The number of fused-ring (bicyclic) bond motifs is 1. The maximum atomic E-state index is 11.9. The van der Waals surface area contributed by atoms with Gasteiger partial charge in [0.1, 0.15) is 13.2 Å². The molecule has 2 aliphatic heterocycles. The van der Waals surface area contributed by atoms with Gasteiger partial charge in [-0.05, 0) is 44.0 Å². The third-order valence-corrected chi connectivity index (χ3v) is 5.78. The molecule has 0 bridgehead atoms. The van der Waals surface area contributed by atoms with E-state index in [9.17, 15) is 4.79 Å². The lowest BCUT2D eigenvalue weighted by atomic mass is 10.0. The number of aryl methyl sites for hydroxylation is 1. The van der Waals surface area contributed by atoms with Gasteiger partial charge in [-0.1, -0.05) is 17.4 Å². The van der Waals surface area contributed by atoms with Gasteiger partial charge in [0.15, 0.2) is 11.5 Å². The SMILES string of the molecule is Cc1csc(=O)n1CCN1CCC[C@@H]1c1ccc2c(c1)OCCO2. The van der Waals surface area contributed by atoms with Crippen LogP contribution >= 0.6 is 11.3 Å². The molecule has 4 rings (SSSR count). The molecule has 2 aromatic rings. The Kier molecular flexibility index (Phi) is 4.33. The van der Waals surface area contributed by atoms with Gasteiger partial charge >= 0.3 is 4.87 Å². The Morgan fingerprint density at radius 2 is 2.04 bits per heavy atom. The normalized spacial score (nSPS) is 20.5. The predicted octanol–water partition coefficient (Wildman–Crippen LogP) is 2.83. The number of rotatable bonds is 4. The van der Waals surface area contributed by atoms with E-state index in [2.05, 4.69) is 17.0 Å². The quantitative estimate of drug-likeness (QED) is 0.854. The van der Waals surface area contributed by atoms with Crippen molar-refractivity contribution in [3.05, 3.63) is 44.5 Å². The number of thiazole rings is 1. The van der Waals surface area contributed by atoms with E-state index in [-0.39, 0.29) is 4.87 Å². The number of nitrogens with zero attached hydrogens (tertiary/aromatic N) is 2. The monoisotopic (exact) mass is 346 g/mol. The molecule has 0 unspecified atom stereocenters. The van der Waals surface area contributed by atoms with E-state index in [1.165, 1.54) is 23.3 Å². The molecular weight excluding hydrogens is 324 g/mol. The lowest BCUT2D eigenvalue weighted by Crippen LogP contribution is -2.30. The summed E-state index contributed by atoms with van der Waals surface area (Å²) >= 11 is 1.28. The van der Waals surface area contributed by atoms with Gasteiger partial charge in [-0.2, -0.15) is 0 Å². The Morgan fingerprint density at radius 3 is 2.83 bits per heavy atom. The molecule has 1 atom stereocenters. The first-order chi connectivity index (χ1) is 11.7. The van der Waals surface area contributed by atoms with Crippen LogP contribution in [-0.4, -0.2) is 35.8 Å². The van der Waals surface area contributed by atoms with Crippen molar-refractivity contribution in [1.29, 1.82) is 0 Å². The van der Waals surface area contributed by atoms with Crippen molar-refractivity contribution in [2.45, 2.75) is 32.4 Å². The van der Waals surface area contributed by atoms with Crippen molar-refractivity contribution >= 4 is 11.3 Å². The first-order valence-corrected chi connectivity index (χ1v) is 9.39. The molecule has 0 radical (unpaired) electrons. The zero-order valence-corrected chi connectivity index (χ0v) is 14.7. The summed E-state index contributed by atoms with van der Waals surface area (Å²) in [5.74, 6) is 1.70. The van der Waals surface area contributed by atoms with Crippen LogP contribution < -0.4 is 14.3 Å². The van der Waals surface area contributed by atoms with Crippen LogP contribution in [0, 0.1) is 6.92 Å². The predicted molar refractivity (Wildman–Crippen MR) is 94.3 cm³/mol. The van der Waals surface area contributed by atoms with E-state index < -0.39 is 0 Å². The van der Waals surface area contributed by atoms with Crippen LogP contribution in [-0.2, 0) is 6.54 Å². The molecule has 5 nitrogen and oxygen atoms in total. The zero-order chi connectivity index (χ0) is 16.5. The van der Waals surface area contributed by atoms with Gasteiger partial charge in [0.05, 0.1) is 0 Å². The number of benzene rings is 1. The highest BCUT2D eigenvalue weighted by Crippen LogP contribution is 2.37. The molecule has 0 amide bonds. The second kappa shape index (κ2) is 6.61. The number of hydrogen-bond acceptors (Lipinski definition) is 5. The summed E-state index contributed by atoms with van der Waals surface area (Å²) in [6.45, 7) is 5.98. The standard InChI is InChI=1S/C18H22N2O3S/c1-13-12-24-18(21)20(13)8-7-19-6-2-3-15(19)14-4-5-16-17(11-14)23-10-9-22-16/h4-5,11-12,15H,2-3,6-10H2,1H3/t15-/m1/s1. The fraction of sp³-hybridized carbons (Fsp3) is 0.500. The van der Waals surface area contributed by atoms with Crippen LogP contribution in [0.3, 0.4) is 0 Å². The topological polar surface area (TPSA) is 43.7 Å². The summed E-state index contributed by atoms with van der Waals surface area (Å²) in [7, 11) is 0. The first kappa shape index (κ1) is 15.7. The third-order valence-electron chi connectivity index (χ3n) is 4.90. The molecule has 1 aromatic carbocycles. The Hall–Kier alpha value is -1.79. The molecule has 3 heterocycles. The highest BCUT2D eigenvalue weighted by atomic mass is 32.1. The number of aromatic nitrogens is 1. The lowest BCUT2D eigenvalue weighted by Gasteiger charge is -2.26. The zero-order valence-electron chi connectivity index (χ0n) is 13.9. The molecule has 0 saturated carbocycles. The minimum atomic E-state index is 0.141. The number of likely N-dealkylation sites (tertiary alicyclic amines) is 1. The van der Waals surface area contributed by atoms with Gasteiger partial charge in [-0.25, -0.2) is 0 Å². The van der Waals surface area contributed by atoms with E-state index in [4.69, 9.17) is 9.47 Å². The smallest absolute Gasteiger partial charge is 0.307 e. The van der Waals surface area contributed by atoms with Crippen molar-refractivity contribution in [2.75, 3.05) is 26.3 Å². The van der Waals surface area contributed by atoms with Crippen molar-refractivity contribution < 1.29 is 9.47 Å². The van der Waals surface area contributed by atoms with Gasteiger partial charge in [0.25, 0.3) is 0 Å². The average molecular weight is 346 g/mol. The number of ether oxygens (including phenoxy) is 2. The maximum absolute atomic E-state index is 11.9. The van der Waals surface area contributed by atoms with E-state index in [1.807, 2.05) is 22.9 Å². The highest BCUT2D eigenvalue weighted by molar-refractivity contribution is 7.07. The van der Waals surface area contributed by atoms with Gasteiger partial charge < -0.3 is 14.0 Å². The summed E-state index contributed by atoms with van der Waals surface area (Å²) in [4.78, 5) is 14.5. The van der Waals surface area contributed by atoms with Crippen molar-refractivity contribution in [1.82, 2.24) is 9.47 Å². The average Bonchev–Trinajstić information content (AvgIpc) is 3.20. The minimum absolute atomic E-state index is 0.141. The fourth-order valence-electron chi connectivity index (χ4n) is 3.64. The van der Waals surface area contributed by atoms with Crippen LogP contribution in [0.2, 0.25) is 0 Å². The van der Waals surface area contributed by atoms with Crippen LogP contribution in [0.1, 0.15) is 30.1 Å². The van der Waals surface area contributed by atoms with Crippen molar-refractivity contribution in [3.63, 3.8) is 0 Å². The van der Waals surface area contributed by atoms with Crippen LogP contribution in [0.5, 0.6) is 11.5 Å². The molecule has 6 heteroatoms. The van der Waals surface area contributed by atoms with Crippen LogP contribution in [0.4, 0.5) is 0 Å². The molecule has 128 valence electrons. The third kappa shape index (κ3) is 2.96.